The van der Waals surface area contributed by atoms with Crippen LogP contribution in [0.4, 0.5) is 4.39 Å². The van der Waals surface area contributed by atoms with E-state index in [1.165, 1.54) is 43.8 Å². The van der Waals surface area contributed by atoms with Crippen LogP contribution in [-0.2, 0) is 0 Å². The van der Waals surface area contributed by atoms with E-state index >= 15 is 0 Å². The number of hydrogen-bond donors (Lipinski definition) is 2. The van der Waals surface area contributed by atoms with Crippen LogP contribution >= 0.6 is 23.4 Å². The van der Waals surface area contributed by atoms with Gasteiger partial charge in [-0.2, -0.15) is 0 Å². The van der Waals surface area contributed by atoms with Crippen molar-refractivity contribution in [3.63, 3.8) is 0 Å². The number of aromatic hydroxyl groups is 2. The Bertz CT molecular complexity index is 1100. The Kier molecular flexibility index (Phi) is 11.0. The van der Waals surface area contributed by atoms with Crippen LogP contribution in [0.5, 0.6) is 23.0 Å². The second kappa shape index (κ2) is 14.2. The number of hydrogen-bond acceptors (Lipinski definition) is 6. The van der Waals surface area contributed by atoms with Gasteiger partial charge in [0.05, 0.1) is 10.1 Å². The van der Waals surface area contributed by atoms with Gasteiger partial charge in [-0.05, 0) is 61.8 Å². The van der Waals surface area contributed by atoms with Crippen LogP contribution in [0.3, 0.4) is 0 Å². The number of nitrogens with zero attached hydrogens (tertiary/aromatic N) is 1. The van der Waals surface area contributed by atoms with Gasteiger partial charge in [-0.1, -0.05) is 55.8 Å². The lowest BCUT2D eigenvalue weighted by Gasteiger charge is -2.26. The van der Waals surface area contributed by atoms with E-state index in [1.807, 2.05) is 50.2 Å². The Morgan fingerprint density at radius 3 is 2.47 bits per heavy atom. The fraction of sp³-hybridized carbons (Fsp3) is 0.357. The SMILES string of the molecule is CC.Oc1cccc([C@@H]2COc3c(cc(F)c(O)c3Cl)S2)c1.c1ccc(OCCN2CCCC2)cc1. The summed E-state index contributed by atoms with van der Waals surface area (Å²) in [6.45, 7) is 8.70. The molecule has 2 heterocycles. The standard InChI is InChI=1S/C14H10ClFO3S.C12H17NO.C2H6/c15-12-13(18)9(16)5-10-14(12)19-6-11(20-10)7-2-1-3-8(17)4-7;1-2-6-12(7-3-1)14-11-10-13-8-4-5-9-13;1-2/h1-5,11,17-18H,6H2;1-3,6-7H,4-5,8-11H2;1-2H3/t11-;;/m0../s1. The highest BCUT2D eigenvalue weighted by atomic mass is 35.5. The van der Waals surface area contributed by atoms with E-state index in [1.54, 1.807) is 18.2 Å². The van der Waals surface area contributed by atoms with E-state index in [0.717, 1.165) is 24.5 Å². The molecule has 2 aliphatic rings. The summed E-state index contributed by atoms with van der Waals surface area (Å²) in [6.07, 6.45) is 2.71. The summed E-state index contributed by atoms with van der Waals surface area (Å²) in [4.78, 5) is 2.99. The Balaban J connectivity index is 0.000000198. The number of halogens is 2. The van der Waals surface area contributed by atoms with Gasteiger partial charge in [-0.3, -0.25) is 4.90 Å². The Morgan fingerprint density at radius 1 is 1.06 bits per heavy atom. The minimum Gasteiger partial charge on any atom is -0.508 e. The van der Waals surface area contributed by atoms with Crippen LogP contribution in [0.2, 0.25) is 5.02 Å². The Morgan fingerprint density at radius 2 is 1.78 bits per heavy atom. The largest absolute Gasteiger partial charge is 0.508 e. The molecule has 8 heteroatoms. The average molecular weight is 534 g/mol. The predicted octanol–water partition coefficient (Wildman–Crippen LogP) is 7.30. The molecular formula is C28H33ClFNO4S. The highest BCUT2D eigenvalue weighted by molar-refractivity contribution is 7.99. The summed E-state index contributed by atoms with van der Waals surface area (Å²) in [5.41, 5.74) is 0.880. The van der Waals surface area contributed by atoms with Crippen LogP contribution in [0.15, 0.2) is 65.6 Å². The molecule has 36 heavy (non-hydrogen) atoms. The molecule has 5 rings (SSSR count). The lowest BCUT2D eigenvalue weighted by molar-refractivity contribution is 0.238. The van der Waals surface area contributed by atoms with Crippen molar-refractivity contribution in [3.8, 4) is 23.0 Å². The molecule has 0 radical (unpaired) electrons. The lowest BCUT2D eigenvalue weighted by Crippen LogP contribution is -2.25. The predicted molar refractivity (Wildman–Crippen MR) is 144 cm³/mol. The van der Waals surface area contributed by atoms with Crippen molar-refractivity contribution in [2.24, 2.45) is 0 Å². The molecule has 1 saturated heterocycles. The molecule has 0 bridgehead atoms. The van der Waals surface area contributed by atoms with Gasteiger partial charge in [-0.25, -0.2) is 4.39 Å². The number of ether oxygens (including phenoxy) is 2. The van der Waals surface area contributed by atoms with Crippen molar-refractivity contribution in [2.75, 3.05) is 32.8 Å². The summed E-state index contributed by atoms with van der Waals surface area (Å²) in [6, 6.07) is 18.1. The summed E-state index contributed by atoms with van der Waals surface area (Å²) >= 11 is 7.25. The molecule has 2 aliphatic heterocycles. The van der Waals surface area contributed by atoms with Crippen LogP contribution < -0.4 is 9.47 Å². The first-order chi connectivity index (χ1) is 17.5. The third kappa shape index (κ3) is 7.69. The van der Waals surface area contributed by atoms with Crippen molar-refractivity contribution in [1.29, 1.82) is 0 Å². The van der Waals surface area contributed by atoms with Crippen LogP contribution in [-0.4, -0.2) is 48.0 Å². The number of thioether (sulfide) groups is 1. The highest BCUT2D eigenvalue weighted by Crippen LogP contribution is 2.50. The van der Waals surface area contributed by atoms with Gasteiger partial charge in [0, 0.05) is 6.54 Å². The molecule has 194 valence electrons. The van der Waals surface area contributed by atoms with Gasteiger partial charge >= 0.3 is 0 Å². The molecule has 0 saturated carbocycles. The second-order valence-electron chi connectivity index (χ2n) is 8.07. The third-order valence-electron chi connectivity index (χ3n) is 5.62. The van der Waals surface area contributed by atoms with E-state index in [9.17, 15) is 14.6 Å². The van der Waals surface area contributed by atoms with E-state index in [4.69, 9.17) is 21.1 Å². The van der Waals surface area contributed by atoms with Crippen molar-refractivity contribution < 1.29 is 24.1 Å². The van der Waals surface area contributed by atoms with E-state index in [2.05, 4.69) is 4.90 Å². The minimum absolute atomic E-state index is 0.0744. The zero-order valence-corrected chi connectivity index (χ0v) is 22.2. The first-order valence-electron chi connectivity index (χ1n) is 12.2. The van der Waals surface area contributed by atoms with Gasteiger partial charge in [0.2, 0.25) is 0 Å². The molecule has 0 spiro atoms. The van der Waals surface area contributed by atoms with E-state index in [0.29, 0.717) is 17.3 Å². The minimum atomic E-state index is -0.776. The van der Waals surface area contributed by atoms with Crippen LogP contribution in [0.1, 0.15) is 37.5 Å². The van der Waals surface area contributed by atoms with Gasteiger partial charge in [-0.15, -0.1) is 11.8 Å². The van der Waals surface area contributed by atoms with Gasteiger partial charge in [0.25, 0.3) is 0 Å². The molecule has 1 fully saturated rings. The number of phenols is 2. The van der Waals surface area contributed by atoms with E-state index < -0.39 is 11.6 Å². The van der Waals surface area contributed by atoms with Gasteiger partial charge in [0.15, 0.2) is 17.3 Å². The number of fused-ring (bicyclic) bond motifs is 1. The molecule has 0 unspecified atom stereocenters. The maximum atomic E-state index is 13.5. The normalized spacial score (nSPS) is 16.5. The first kappa shape index (κ1) is 28.0. The zero-order chi connectivity index (χ0) is 25.9. The maximum absolute atomic E-state index is 13.5. The van der Waals surface area contributed by atoms with Crippen molar-refractivity contribution in [3.05, 3.63) is 77.1 Å². The number of benzene rings is 3. The Labute approximate surface area is 221 Å². The zero-order valence-electron chi connectivity index (χ0n) is 20.6. The summed E-state index contributed by atoms with van der Waals surface area (Å²) in [5.74, 6) is 0.0747. The summed E-state index contributed by atoms with van der Waals surface area (Å²) < 4.78 is 24.7. The molecule has 3 aromatic rings. The second-order valence-corrected chi connectivity index (χ2v) is 9.69. The van der Waals surface area contributed by atoms with Crippen LogP contribution in [0.25, 0.3) is 0 Å². The van der Waals surface area contributed by atoms with Gasteiger partial charge < -0.3 is 19.7 Å². The van der Waals surface area contributed by atoms with E-state index in [-0.39, 0.29) is 16.0 Å². The molecular weight excluding hydrogens is 501 g/mol. The smallest absolute Gasteiger partial charge is 0.174 e. The molecule has 1 atom stereocenters. The molecule has 0 aromatic heterocycles. The molecule has 3 aromatic carbocycles. The first-order valence-corrected chi connectivity index (χ1v) is 13.5. The maximum Gasteiger partial charge on any atom is 0.174 e. The van der Waals surface area contributed by atoms with Crippen molar-refractivity contribution in [2.45, 2.75) is 36.8 Å². The van der Waals surface area contributed by atoms with Crippen LogP contribution in [0, 0.1) is 5.82 Å². The molecule has 2 N–H and O–H groups in total. The molecule has 0 amide bonds. The monoisotopic (exact) mass is 533 g/mol. The highest BCUT2D eigenvalue weighted by Gasteiger charge is 2.27. The summed E-state index contributed by atoms with van der Waals surface area (Å²) in [7, 11) is 0. The lowest BCUT2D eigenvalue weighted by atomic mass is 10.1. The number of para-hydroxylation sites is 1. The molecule has 5 nitrogen and oxygen atoms in total. The number of rotatable bonds is 5. The summed E-state index contributed by atoms with van der Waals surface area (Å²) in [5, 5.41) is 18.8. The van der Waals surface area contributed by atoms with Crippen molar-refractivity contribution >= 4 is 23.4 Å². The number of likely N-dealkylation sites (tertiary alicyclic amines) is 1. The fourth-order valence-corrected chi connectivity index (χ4v) is 5.31. The third-order valence-corrected chi connectivity index (χ3v) is 7.22. The van der Waals surface area contributed by atoms with Crippen molar-refractivity contribution in [1.82, 2.24) is 4.90 Å². The van der Waals surface area contributed by atoms with Gasteiger partial charge in [0.1, 0.15) is 29.7 Å². The number of phenolic OH excluding ortho intramolecular Hbond substituents is 2. The topological polar surface area (TPSA) is 62.2 Å². The fourth-order valence-electron chi connectivity index (χ4n) is 3.84. The average Bonchev–Trinajstić information content (AvgIpc) is 3.43. The molecule has 0 aliphatic carbocycles. The Hall–Kier alpha value is -2.61. The quantitative estimate of drug-likeness (QED) is 0.358.